The maximum absolute atomic E-state index is 12.0. The number of phenolic OH excluding ortho intramolecular Hbond substituents is 1. The van der Waals surface area contributed by atoms with Gasteiger partial charge in [-0.15, -0.1) is 0 Å². The number of halogens is 1. The zero-order chi connectivity index (χ0) is 11.5. The summed E-state index contributed by atoms with van der Waals surface area (Å²) < 4.78 is 0. The topological polar surface area (TPSA) is 40.5 Å². The number of benzene rings is 1. The van der Waals surface area contributed by atoms with Gasteiger partial charge < -0.3 is 10.0 Å². The highest BCUT2D eigenvalue weighted by Crippen LogP contribution is 2.19. The maximum atomic E-state index is 12.0. The minimum atomic E-state index is 0.0550. The third kappa shape index (κ3) is 2.55. The van der Waals surface area contributed by atoms with Crippen molar-refractivity contribution in [3.8, 4) is 5.75 Å². The van der Waals surface area contributed by atoms with Crippen LogP contribution in [0.5, 0.6) is 5.75 Å². The fourth-order valence-corrected chi connectivity index (χ4v) is 2.25. The van der Waals surface area contributed by atoms with Gasteiger partial charge in [-0.05, 0) is 37.1 Å². The second kappa shape index (κ2) is 4.87. The zero-order valence-electron chi connectivity index (χ0n) is 8.90. The summed E-state index contributed by atoms with van der Waals surface area (Å²) >= 11 is 3.56. The molecule has 86 valence electrons. The molecule has 16 heavy (non-hydrogen) atoms. The molecular weight excluding hydrogens is 270 g/mol. The number of hydrogen-bond donors (Lipinski definition) is 1. The van der Waals surface area contributed by atoms with Gasteiger partial charge in [-0.1, -0.05) is 15.9 Å². The van der Waals surface area contributed by atoms with Gasteiger partial charge in [0, 0.05) is 23.5 Å². The molecule has 1 heterocycles. The van der Waals surface area contributed by atoms with Crippen molar-refractivity contribution >= 4 is 21.8 Å². The van der Waals surface area contributed by atoms with Crippen molar-refractivity contribution in [2.45, 2.75) is 17.7 Å². The molecule has 0 radical (unpaired) electrons. The average Bonchev–Trinajstić information content (AvgIpc) is 2.30. The third-order valence-electron chi connectivity index (χ3n) is 2.83. The van der Waals surface area contributed by atoms with E-state index in [9.17, 15) is 4.79 Å². The summed E-state index contributed by atoms with van der Waals surface area (Å²) in [7, 11) is 0. The van der Waals surface area contributed by atoms with Crippen LogP contribution in [0.25, 0.3) is 0 Å². The fraction of sp³-hybridized carbons (Fsp3) is 0.417. The highest BCUT2D eigenvalue weighted by atomic mass is 79.9. The van der Waals surface area contributed by atoms with Gasteiger partial charge in [0.15, 0.2) is 0 Å². The van der Waals surface area contributed by atoms with Gasteiger partial charge in [0.1, 0.15) is 5.75 Å². The van der Waals surface area contributed by atoms with E-state index in [1.807, 2.05) is 4.90 Å². The number of carbonyl (C=O) groups excluding carboxylic acids is 1. The summed E-state index contributed by atoms with van der Waals surface area (Å²) in [5.74, 6) is 0.245. The van der Waals surface area contributed by atoms with E-state index in [2.05, 4.69) is 15.9 Å². The van der Waals surface area contributed by atoms with Crippen LogP contribution in [0.1, 0.15) is 23.2 Å². The summed E-state index contributed by atoms with van der Waals surface area (Å²) in [6.45, 7) is 1.60. The first-order chi connectivity index (χ1) is 7.66. The van der Waals surface area contributed by atoms with Gasteiger partial charge in [-0.3, -0.25) is 4.79 Å². The quantitative estimate of drug-likeness (QED) is 0.804. The lowest BCUT2D eigenvalue weighted by Crippen LogP contribution is -2.38. The molecule has 1 amide bonds. The number of hydrogen-bond acceptors (Lipinski definition) is 2. The third-order valence-corrected chi connectivity index (χ3v) is 3.74. The lowest BCUT2D eigenvalue weighted by atomic mass is 10.1. The molecule has 0 saturated carbocycles. The van der Waals surface area contributed by atoms with Crippen molar-refractivity contribution in [1.82, 2.24) is 4.90 Å². The maximum Gasteiger partial charge on any atom is 0.253 e. The molecule has 1 aliphatic heterocycles. The predicted molar refractivity (Wildman–Crippen MR) is 66.0 cm³/mol. The highest BCUT2D eigenvalue weighted by molar-refractivity contribution is 9.09. The van der Waals surface area contributed by atoms with Crippen LogP contribution in [0.3, 0.4) is 0 Å². The fourth-order valence-electron chi connectivity index (χ4n) is 1.84. The largest absolute Gasteiger partial charge is 0.508 e. The van der Waals surface area contributed by atoms with Crippen molar-refractivity contribution < 1.29 is 9.90 Å². The number of piperidine rings is 1. The van der Waals surface area contributed by atoms with E-state index in [4.69, 9.17) is 5.11 Å². The summed E-state index contributed by atoms with van der Waals surface area (Å²) in [6.07, 6.45) is 2.01. The smallest absolute Gasteiger partial charge is 0.253 e. The first kappa shape index (κ1) is 11.5. The number of carbonyl (C=O) groups is 1. The van der Waals surface area contributed by atoms with Gasteiger partial charge in [-0.25, -0.2) is 0 Å². The van der Waals surface area contributed by atoms with Crippen LogP contribution in [0.4, 0.5) is 0 Å². The van der Waals surface area contributed by atoms with Crippen LogP contribution in [0, 0.1) is 0 Å². The Bertz CT molecular complexity index is 369. The number of alkyl halides is 1. The molecule has 0 unspecified atom stereocenters. The van der Waals surface area contributed by atoms with Crippen LogP contribution in [0.2, 0.25) is 0 Å². The van der Waals surface area contributed by atoms with Crippen LogP contribution in [0.15, 0.2) is 24.3 Å². The average molecular weight is 284 g/mol. The zero-order valence-corrected chi connectivity index (χ0v) is 10.5. The molecule has 0 spiro atoms. The van der Waals surface area contributed by atoms with Crippen molar-refractivity contribution in [2.24, 2.45) is 0 Å². The van der Waals surface area contributed by atoms with Gasteiger partial charge in [0.25, 0.3) is 5.91 Å². The Morgan fingerprint density at radius 3 is 2.38 bits per heavy atom. The van der Waals surface area contributed by atoms with E-state index in [1.54, 1.807) is 24.3 Å². The standard InChI is InChI=1S/C12H14BrNO2/c13-10-5-7-14(8-6-10)12(16)9-1-3-11(15)4-2-9/h1-4,10,15H,5-8H2. The SMILES string of the molecule is O=C(c1ccc(O)cc1)N1CCC(Br)CC1. The Kier molecular flexibility index (Phi) is 3.49. The van der Waals surface area contributed by atoms with Gasteiger partial charge >= 0.3 is 0 Å². The van der Waals surface area contributed by atoms with Gasteiger partial charge in [0.05, 0.1) is 0 Å². The van der Waals surface area contributed by atoms with E-state index in [-0.39, 0.29) is 11.7 Å². The van der Waals surface area contributed by atoms with E-state index >= 15 is 0 Å². The number of rotatable bonds is 1. The number of amides is 1. The molecule has 3 nitrogen and oxygen atoms in total. The Labute approximate surface area is 103 Å². The normalized spacial score (nSPS) is 17.4. The second-order valence-electron chi connectivity index (χ2n) is 4.01. The Morgan fingerprint density at radius 2 is 1.81 bits per heavy atom. The van der Waals surface area contributed by atoms with E-state index in [1.165, 1.54) is 0 Å². The lowest BCUT2D eigenvalue weighted by molar-refractivity contribution is 0.0728. The Balaban J connectivity index is 2.05. The van der Waals surface area contributed by atoms with Gasteiger partial charge in [-0.2, -0.15) is 0 Å². The predicted octanol–water partition coefficient (Wildman–Crippen LogP) is 2.39. The number of nitrogens with zero attached hydrogens (tertiary/aromatic N) is 1. The minimum Gasteiger partial charge on any atom is -0.508 e. The molecular formula is C12H14BrNO2. The van der Waals surface area contributed by atoms with Crippen molar-refractivity contribution in [2.75, 3.05) is 13.1 Å². The van der Waals surface area contributed by atoms with Crippen molar-refractivity contribution in [3.05, 3.63) is 29.8 Å². The molecule has 1 aliphatic rings. The van der Waals surface area contributed by atoms with E-state index in [0.29, 0.717) is 10.4 Å². The summed E-state index contributed by atoms with van der Waals surface area (Å²) in [6, 6.07) is 6.42. The monoisotopic (exact) mass is 283 g/mol. The van der Waals surface area contributed by atoms with Crippen molar-refractivity contribution in [3.63, 3.8) is 0 Å². The van der Waals surface area contributed by atoms with E-state index < -0.39 is 0 Å². The molecule has 0 aromatic heterocycles. The minimum absolute atomic E-state index is 0.0550. The molecule has 0 atom stereocenters. The molecule has 2 rings (SSSR count). The molecule has 0 bridgehead atoms. The summed E-state index contributed by atoms with van der Waals surface area (Å²) in [5, 5.41) is 9.15. The summed E-state index contributed by atoms with van der Waals surface area (Å²) in [4.78, 5) is 14.5. The van der Waals surface area contributed by atoms with Gasteiger partial charge in [0.2, 0.25) is 0 Å². The molecule has 1 fully saturated rings. The number of aromatic hydroxyl groups is 1. The van der Waals surface area contributed by atoms with E-state index in [0.717, 1.165) is 25.9 Å². The van der Waals surface area contributed by atoms with Crippen LogP contribution >= 0.6 is 15.9 Å². The molecule has 1 saturated heterocycles. The van der Waals surface area contributed by atoms with Crippen molar-refractivity contribution in [1.29, 1.82) is 0 Å². The highest BCUT2D eigenvalue weighted by Gasteiger charge is 2.21. The Hall–Kier alpha value is -1.03. The first-order valence-electron chi connectivity index (χ1n) is 5.39. The van der Waals surface area contributed by atoms with Crippen LogP contribution in [-0.2, 0) is 0 Å². The number of likely N-dealkylation sites (tertiary alicyclic amines) is 1. The summed E-state index contributed by atoms with van der Waals surface area (Å²) in [5.41, 5.74) is 0.644. The Morgan fingerprint density at radius 1 is 1.25 bits per heavy atom. The van der Waals surface area contributed by atoms with Crippen LogP contribution in [-0.4, -0.2) is 33.8 Å². The molecule has 4 heteroatoms. The molecule has 1 N–H and O–H groups in total. The lowest BCUT2D eigenvalue weighted by Gasteiger charge is -2.29. The number of phenols is 1. The second-order valence-corrected chi connectivity index (χ2v) is 5.31. The molecule has 0 aliphatic carbocycles. The first-order valence-corrected chi connectivity index (χ1v) is 6.31. The molecule has 1 aromatic carbocycles. The molecule has 1 aromatic rings. The van der Waals surface area contributed by atoms with Crippen LogP contribution < -0.4 is 0 Å².